The second-order valence-corrected chi connectivity index (χ2v) is 9.90. The van der Waals surface area contributed by atoms with Crippen molar-refractivity contribution < 1.29 is 23.9 Å². The number of anilines is 1. The van der Waals surface area contributed by atoms with Crippen LogP contribution in [0.1, 0.15) is 47.4 Å². The van der Waals surface area contributed by atoms with E-state index in [0.717, 1.165) is 12.8 Å². The van der Waals surface area contributed by atoms with E-state index in [0.29, 0.717) is 35.7 Å². The number of fused-ring (bicyclic) bond motifs is 1. The number of hydrogen-bond acceptors (Lipinski definition) is 5. The summed E-state index contributed by atoms with van der Waals surface area (Å²) in [4.78, 5) is 42.6. The molecular weight excluding hydrogens is 458 g/mol. The van der Waals surface area contributed by atoms with Gasteiger partial charge in [-0.1, -0.05) is 25.1 Å². The maximum atomic E-state index is 13.5. The summed E-state index contributed by atoms with van der Waals surface area (Å²) < 4.78 is 11.9. The van der Waals surface area contributed by atoms with Crippen molar-refractivity contribution in [2.24, 2.45) is 11.8 Å². The van der Waals surface area contributed by atoms with Crippen LogP contribution in [0.15, 0.2) is 48.5 Å². The van der Waals surface area contributed by atoms with Gasteiger partial charge < -0.3 is 24.6 Å². The second kappa shape index (κ2) is 11.1. The first-order valence-electron chi connectivity index (χ1n) is 12.5. The molecule has 4 rings (SSSR count). The predicted molar refractivity (Wildman–Crippen MR) is 137 cm³/mol. The van der Waals surface area contributed by atoms with Gasteiger partial charge in [0, 0.05) is 56.4 Å². The molecule has 1 aliphatic heterocycles. The molecule has 0 radical (unpaired) electrons. The molecule has 3 amide bonds. The number of hydrogen-bond donors (Lipinski definition) is 1. The van der Waals surface area contributed by atoms with Gasteiger partial charge in [0.2, 0.25) is 5.91 Å². The molecule has 1 aliphatic carbocycles. The minimum absolute atomic E-state index is 0.0172. The summed E-state index contributed by atoms with van der Waals surface area (Å²) in [6.07, 6.45) is 1.54. The molecule has 1 N–H and O–H groups in total. The van der Waals surface area contributed by atoms with Crippen molar-refractivity contribution in [3.05, 3.63) is 59.7 Å². The Balaban J connectivity index is 1.66. The van der Waals surface area contributed by atoms with Crippen LogP contribution in [0.5, 0.6) is 5.75 Å². The van der Waals surface area contributed by atoms with Gasteiger partial charge in [0.05, 0.1) is 17.7 Å². The Kier molecular flexibility index (Phi) is 7.94. The summed E-state index contributed by atoms with van der Waals surface area (Å²) in [5, 5.41) is 2.92. The van der Waals surface area contributed by atoms with E-state index in [-0.39, 0.29) is 48.3 Å². The molecule has 0 saturated heterocycles. The average molecular weight is 494 g/mol. The predicted octanol–water partition coefficient (Wildman–Crippen LogP) is 3.68. The highest BCUT2D eigenvalue weighted by Gasteiger charge is 2.32. The Hall–Kier alpha value is -3.39. The molecule has 1 fully saturated rings. The van der Waals surface area contributed by atoms with Crippen LogP contribution in [0.2, 0.25) is 0 Å². The molecule has 2 aromatic carbocycles. The Morgan fingerprint density at radius 3 is 2.44 bits per heavy atom. The number of ether oxygens (including phenoxy) is 2. The van der Waals surface area contributed by atoms with Crippen molar-refractivity contribution in [1.82, 2.24) is 9.80 Å². The zero-order valence-corrected chi connectivity index (χ0v) is 21.4. The topological polar surface area (TPSA) is 88.2 Å². The first-order valence-corrected chi connectivity index (χ1v) is 12.5. The maximum absolute atomic E-state index is 13.5. The Labute approximate surface area is 212 Å². The highest BCUT2D eigenvalue weighted by molar-refractivity contribution is 5.99. The highest BCUT2D eigenvalue weighted by atomic mass is 16.5. The summed E-state index contributed by atoms with van der Waals surface area (Å²) in [6.45, 7) is 4.96. The number of amides is 3. The molecule has 8 heteroatoms. The van der Waals surface area contributed by atoms with Crippen LogP contribution >= 0.6 is 0 Å². The van der Waals surface area contributed by atoms with E-state index in [2.05, 4.69) is 5.32 Å². The van der Waals surface area contributed by atoms with Crippen LogP contribution in [0, 0.1) is 11.8 Å². The van der Waals surface area contributed by atoms with E-state index < -0.39 is 0 Å². The molecule has 0 aromatic heterocycles. The second-order valence-electron chi connectivity index (χ2n) is 9.90. The number of nitrogens with one attached hydrogen (secondary N) is 1. The molecular formula is C28H35N3O5. The minimum atomic E-state index is -0.275. The monoisotopic (exact) mass is 493 g/mol. The maximum Gasteiger partial charge on any atom is 0.257 e. The van der Waals surface area contributed by atoms with E-state index >= 15 is 0 Å². The lowest BCUT2D eigenvalue weighted by Crippen LogP contribution is -2.48. The number of methoxy groups -OCH3 is 1. The van der Waals surface area contributed by atoms with Crippen LogP contribution in [0.25, 0.3) is 0 Å². The SMILES string of the molecule is CO[C@H]1CN(C)C(=O)c2ccc(NC(=O)C3CC3)cc2OC[C@H](C)N(C(=O)c2ccccc2)C[C@@H]1C. The molecule has 3 atom stereocenters. The molecule has 8 nitrogen and oxygen atoms in total. The van der Waals surface area contributed by atoms with E-state index in [4.69, 9.17) is 9.47 Å². The van der Waals surface area contributed by atoms with Gasteiger partial charge in [-0.2, -0.15) is 0 Å². The van der Waals surface area contributed by atoms with Crippen LogP contribution in [0.3, 0.4) is 0 Å². The Bertz CT molecular complexity index is 1100. The Morgan fingerprint density at radius 1 is 1.06 bits per heavy atom. The third kappa shape index (κ3) is 5.87. The quantitative estimate of drug-likeness (QED) is 0.702. The molecule has 2 aromatic rings. The number of nitrogens with zero attached hydrogens (tertiary/aromatic N) is 2. The smallest absolute Gasteiger partial charge is 0.257 e. The van der Waals surface area contributed by atoms with E-state index in [1.165, 1.54) is 0 Å². The number of likely N-dealkylation sites (N-methyl/N-ethyl adjacent to an activating group) is 1. The first kappa shape index (κ1) is 25.7. The summed E-state index contributed by atoms with van der Waals surface area (Å²) in [5.41, 5.74) is 1.59. The number of benzene rings is 2. The van der Waals surface area contributed by atoms with Gasteiger partial charge in [-0.3, -0.25) is 14.4 Å². The van der Waals surface area contributed by atoms with E-state index in [9.17, 15) is 14.4 Å². The Morgan fingerprint density at radius 2 is 1.78 bits per heavy atom. The third-order valence-electron chi connectivity index (χ3n) is 6.94. The summed E-state index contributed by atoms with van der Waals surface area (Å²) in [6, 6.07) is 14.0. The van der Waals surface area contributed by atoms with Crippen LogP contribution in [0.4, 0.5) is 5.69 Å². The third-order valence-corrected chi connectivity index (χ3v) is 6.94. The zero-order valence-electron chi connectivity index (χ0n) is 21.4. The fourth-order valence-electron chi connectivity index (χ4n) is 4.47. The van der Waals surface area contributed by atoms with Crippen LogP contribution < -0.4 is 10.1 Å². The van der Waals surface area contributed by atoms with Gasteiger partial charge >= 0.3 is 0 Å². The molecule has 1 saturated carbocycles. The van der Waals surface area contributed by atoms with Gasteiger partial charge in [0.25, 0.3) is 11.8 Å². The lowest BCUT2D eigenvalue weighted by molar-refractivity contribution is -0.117. The molecule has 0 bridgehead atoms. The summed E-state index contributed by atoms with van der Waals surface area (Å²) in [5.74, 6) is 0.119. The van der Waals surface area contributed by atoms with Gasteiger partial charge in [0.1, 0.15) is 12.4 Å². The summed E-state index contributed by atoms with van der Waals surface area (Å²) in [7, 11) is 3.36. The van der Waals surface area contributed by atoms with Crippen LogP contribution in [-0.4, -0.2) is 73.5 Å². The van der Waals surface area contributed by atoms with E-state index in [1.807, 2.05) is 36.9 Å². The lowest BCUT2D eigenvalue weighted by atomic mass is 10.0. The largest absolute Gasteiger partial charge is 0.491 e. The normalized spacial score (nSPS) is 23.1. The molecule has 0 unspecified atom stereocenters. The highest BCUT2D eigenvalue weighted by Crippen LogP contribution is 2.32. The molecule has 0 spiro atoms. The van der Waals surface area contributed by atoms with Crippen molar-refractivity contribution >= 4 is 23.4 Å². The van der Waals surface area contributed by atoms with Gasteiger partial charge in [-0.15, -0.1) is 0 Å². The van der Waals surface area contributed by atoms with Crippen molar-refractivity contribution in [2.45, 2.75) is 38.8 Å². The van der Waals surface area contributed by atoms with Crippen molar-refractivity contribution in [1.29, 1.82) is 0 Å². The van der Waals surface area contributed by atoms with Crippen molar-refractivity contribution in [2.75, 3.05) is 39.2 Å². The summed E-state index contributed by atoms with van der Waals surface area (Å²) >= 11 is 0. The molecule has 2 aliphatic rings. The van der Waals surface area contributed by atoms with E-state index in [1.54, 1.807) is 49.4 Å². The molecule has 192 valence electrons. The fourth-order valence-corrected chi connectivity index (χ4v) is 4.47. The molecule has 36 heavy (non-hydrogen) atoms. The number of rotatable bonds is 4. The lowest BCUT2D eigenvalue weighted by Gasteiger charge is -2.36. The van der Waals surface area contributed by atoms with Gasteiger partial charge in [-0.05, 0) is 44.0 Å². The van der Waals surface area contributed by atoms with Crippen molar-refractivity contribution in [3.63, 3.8) is 0 Å². The van der Waals surface area contributed by atoms with Gasteiger partial charge in [-0.25, -0.2) is 0 Å². The van der Waals surface area contributed by atoms with Crippen LogP contribution in [-0.2, 0) is 9.53 Å². The number of carbonyl (C=O) groups excluding carboxylic acids is 3. The first-order chi connectivity index (χ1) is 17.3. The van der Waals surface area contributed by atoms with Gasteiger partial charge in [0.15, 0.2) is 0 Å². The standard InChI is InChI=1S/C28H35N3O5/c1-18-15-31(27(33)21-8-6-5-7-9-21)19(2)17-36-24-14-22(29-26(32)20-10-11-20)12-13-23(24)28(34)30(3)16-25(18)35-4/h5-9,12-14,18-20,25H,10-11,15-17H2,1-4H3,(H,29,32)/t18-,19-,25-/m0/s1. The fraction of sp³-hybridized carbons (Fsp3) is 0.464. The van der Waals surface area contributed by atoms with Crippen molar-refractivity contribution in [3.8, 4) is 5.75 Å². The number of carbonyl (C=O) groups is 3. The average Bonchev–Trinajstić information content (AvgIpc) is 3.74. The molecule has 1 heterocycles. The minimum Gasteiger partial charge on any atom is -0.491 e. The zero-order chi connectivity index (χ0) is 25.8.